The van der Waals surface area contributed by atoms with Crippen LogP contribution in [0.5, 0.6) is 0 Å². The molecule has 10 aromatic carbocycles. The van der Waals surface area contributed by atoms with Crippen LogP contribution in [-0.2, 0) is 6.42 Å². The molecule has 15 rings (SSSR count). The number of hydrogen-bond acceptors (Lipinski definition) is 4. The maximum absolute atomic E-state index is 6.57. The van der Waals surface area contributed by atoms with Crippen molar-refractivity contribution in [3.05, 3.63) is 236 Å². The van der Waals surface area contributed by atoms with E-state index in [0.29, 0.717) is 17.5 Å². The number of benzene rings is 10. The third-order valence-electron chi connectivity index (χ3n) is 14.4. The molecular formula is C64H39N5O. The molecule has 326 valence electrons. The average Bonchev–Trinajstić information content (AvgIpc) is 4.18. The maximum Gasteiger partial charge on any atom is 0.164 e. The van der Waals surface area contributed by atoms with Crippen LogP contribution in [-0.4, -0.2) is 24.1 Å². The fourth-order valence-corrected chi connectivity index (χ4v) is 11.1. The minimum atomic E-state index is 0.656. The summed E-state index contributed by atoms with van der Waals surface area (Å²) in [5, 5.41) is 7.09. The first-order valence-corrected chi connectivity index (χ1v) is 23.8. The van der Waals surface area contributed by atoms with E-state index >= 15 is 0 Å². The van der Waals surface area contributed by atoms with Gasteiger partial charge in [0.05, 0.1) is 27.8 Å². The Balaban J connectivity index is 0.835. The van der Waals surface area contributed by atoms with Gasteiger partial charge in [0.15, 0.2) is 23.1 Å². The van der Waals surface area contributed by atoms with Crippen LogP contribution in [0.15, 0.2) is 229 Å². The molecule has 0 atom stereocenters. The number of fused-ring (bicyclic) bond motifs is 12. The van der Waals surface area contributed by atoms with Crippen LogP contribution in [0, 0.1) is 0 Å². The second-order valence-electron chi connectivity index (χ2n) is 18.3. The Morgan fingerprint density at radius 3 is 1.50 bits per heavy atom. The molecule has 0 spiro atoms. The van der Waals surface area contributed by atoms with Crippen molar-refractivity contribution >= 4 is 65.6 Å². The van der Waals surface area contributed by atoms with Gasteiger partial charge in [-0.1, -0.05) is 158 Å². The van der Waals surface area contributed by atoms with Gasteiger partial charge in [-0.3, -0.25) is 0 Å². The van der Waals surface area contributed by atoms with Gasteiger partial charge in [-0.15, -0.1) is 0 Å². The van der Waals surface area contributed by atoms with Gasteiger partial charge in [0, 0.05) is 54.7 Å². The Morgan fingerprint density at radius 1 is 0.329 bits per heavy atom. The number of nitrogens with zero attached hydrogens (tertiary/aromatic N) is 5. The van der Waals surface area contributed by atoms with Crippen molar-refractivity contribution in [2.75, 3.05) is 0 Å². The zero-order chi connectivity index (χ0) is 45.9. The van der Waals surface area contributed by atoms with E-state index in [1.165, 1.54) is 66.0 Å². The van der Waals surface area contributed by atoms with Crippen molar-refractivity contribution in [1.82, 2.24) is 24.1 Å². The number of aromatic nitrogens is 5. The molecule has 6 nitrogen and oxygen atoms in total. The van der Waals surface area contributed by atoms with E-state index < -0.39 is 0 Å². The molecule has 4 heterocycles. The standard InChI is InChI=1S/C64H39N5O/c1-3-14-39(15-4-1)62-65-63(40-16-5-2-6-17-40)67-64(66-62)45-27-26-43-34-44-28-31-46(38-52(44)51(43)37-45)68-55-22-10-7-18-47(55)53-35-41(29-32-57(53)68)42-30-33-58-54(36-42)48-19-8-11-23-56(48)69(58)59-24-13-21-50-49-20-9-12-25-60(49)70-61(50)59/h1-33,35-38H,34H2. The highest BCUT2D eigenvalue weighted by atomic mass is 16.3. The molecule has 0 N–H and O–H groups in total. The zero-order valence-corrected chi connectivity index (χ0v) is 37.7. The number of para-hydroxylation sites is 4. The molecule has 14 aromatic rings. The second kappa shape index (κ2) is 15.1. The first kappa shape index (κ1) is 38.7. The van der Waals surface area contributed by atoms with Gasteiger partial charge in [0.1, 0.15) is 5.58 Å². The molecule has 0 saturated carbocycles. The second-order valence-corrected chi connectivity index (χ2v) is 18.3. The highest BCUT2D eigenvalue weighted by Gasteiger charge is 2.24. The van der Waals surface area contributed by atoms with Crippen LogP contribution in [0.25, 0.3) is 133 Å². The van der Waals surface area contributed by atoms with Crippen molar-refractivity contribution < 1.29 is 4.42 Å². The van der Waals surface area contributed by atoms with E-state index in [0.717, 1.165) is 67.5 Å². The van der Waals surface area contributed by atoms with E-state index in [-0.39, 0.29) is 0 Å². The number of furan rings is 1. The maximum atomic E-state index is 6.57. The van der Waals surface area contributed by atoms with E-state index in [1.807, 2.05) is 42.5 Å². The lowest BCUT2D eigenvalue weighted by molar-refractivity contribution is 0.666. The molecular weight excluding hydrogens is 855 g/mol. The summed E-state index contributed by atoms with van der Waals surface area (Å²) >= 11 is 0. The van der Waals surface area contributed by atoms with Gasteiger partial charge >= 0.3 is 0 Å². The normalized spacial score (nSPS) is 12.2. The Labute approximate surface area is 402 Å². The lowest BCUT2D eigenvalue weighted by atomic mass is 10.0. The molecule has 0 bridgehead atoms. The molecule has 70 heavy (non-hydrogen) atoms. The summed E-state index contributed by atoms with van der Waals surface area (Å²) in [4.78, 5) is 15.1. The Hall–Kier alpha value is -9.39. The summed E-state index contributed by atoms with van der Waals surface area (Å²) in [6.07, 6.45) is 0.877. The predicted molar refractivity (Wildman–Crippen MR) is 286 cm³/mol. The summed E-state index contributed by atoms with van der Waals surface area (Å²) in [6, 6.07) is 80.1. The molecule has 4 aromatic heterocycles. The van der Waals surface area contributed by atoms with Crippen LogP contribution >= 0.6 is 0 Å². The minimum absolute atomic E-state index is 0.656. The summed E-state index contributed by atoms with van der Waals surface area (Å²) in [5.41, 5.74) is 18.9. The number of hydrogen-bond donors (Lipinski definition) is 0. The van der Waals surface area contributed by atoms with Gasteiger partial charge in [0.25, 0.3) is 0 Å². The summed E-state index contributed by atoms with van der Waals surface area (Å²) in [5.74, 6) is 1.97. The van der Waals surface area contributed by atoms with Crippen LogP contribution in [0.2, 0.25) is 0 Å². The highest BCUT2D eigenvalue weighted by Crippen LogP contribution is 2.44. The summed E-state index contributed by atoms with van der Waals surface area (Å²) < 4.78 is 11.4. The lowest BCUT2D eigenvalue weighted by Gasteiger charge is -2.12. The van der Waals surface area contributed by atoms with Crippen LogP contribution in [0.4, 0.5) is 0 Å². The topological polar surface area (TPSA) is 61.7 Å². The fourth-order valence-electron chi connectivity index (χ4n) is 11.1. The van der Waals surface area contributed by atoms with Crippen LogP contribution in [0.3, 0.4) is 0 Å². The van der Waals surface area contributed by atoms with Gasteiger partial charge in [-0.05, 0) is 107 Å². The molecule has 0 aliphatic heterocycles. The first-order chi connectivity index (χ1) is 34.7. The molecule has 1 aliphatic rings. The molecule has 6 heteroatoms. The van der Waals surface area contributed by atoms with Crippen molar-refractivity contribution in [3.63, 3.8) is 0 Å². The van der Waals surface area contributed by atoms with Crippen molar-refractivity contribution in [2.24, 2.45) is 0 Å². The summed E-state index contributed by atoms with van der Waals surface area (Å²) in [6.45, 7) is 0. The minimum Gasteiger partial charge on any atom is -0.454 e. The Morgan fingerprint density at radius 2 is 0.829 bits per heavy atom. The Kier molecular flexibility index (Phi) is 8.32. The third-order valence-corrected chi connectivity index (χ3v) is 14.4. The van der Waals surface area contributed by atoms with Crippen molar-refractivity contribution in [1.29, 1.82) is 0 Å². The van der Waals surface area contributed by atoms with E-state index in [4.69, 9.17) is 19.4 Å². The van der Waals surface area contributed by atoms with Crippen LogP contribution in [0.1, 0.15) is 11.1 Å². The molecule has 0 amide bonds. The summed E-state index contributed by atoms with van der Waals surface area (Å²) in [7, 11) is 0. The van der Waals surface area contributed by atoms with Gasteiger partial charge < -0.3 is 13.6 Å². The third kappa shape index (κ3) is 5.90. The smallest absolute Gasteiger partial charge is 0.164 e. The monoisotopic (exact) mass is 893 g/mol. The largest absolute Gasteiger partial charge is 0.454 e. The van der Waals surface area contributed by atoms with Gasteiger partial charge in [0.2, 0.25) is 0 Å². The SMILES string of the molecule is c1ccc(-c2nc(-c3ccccc3)nc(-c3ccc4c(c3)-c3cc(-n5c6ccccc6c6cc(-c7ccc8c(c7)c7ccccc7n8-c7cccc8c7oc7ccccc78)ccc65)ccc3C4)n2)cc1. The molecule has 0 radical (unpaired) electrons. The molecule has 0 unspecified atom stereocenters. The fraction of sp³-hybridized carbons (Fsp3) is 0.0156. The van der Waals surface area contributed by atoms with Crippen molar-refractivity contribution in [3.8, 4) is 67.8 Å². The molecule has 1 aliphatic carbocycles. The molecule has 0 fully saturated rings. The molecule has 0 saturated heterocycles. The Bertz CT molecular complexity index is 4390. The predicted octanol–water partition coefficient (Wildman–Crippen LogP) is 16.2. The first-order valence-electron chi connectivity index (χ1n) is 23.8. The average molecular weight is 894 g/mol. The van der Waals surface area contributed by atoms with Gasteiger partial charge in [-0.25, -0.2) is 15.0 Å². The zero-order valence-electron chi connectivity index (χ0n) is 37.7. The van der Waals surface area contributed by atoms with Gasteiger partial charge in [-0.2, -0.15) is 0 Å². The lowest BCUT2D eigenvalue weighted by Crippen LogP contribution is -2.00. The van der Waals surface area contributed by atoms with E-state index in [9.17, 15) is 0 Å². The van der Waals surface area contributed by atoms with E-state index in [1.54, 1.807) is 0 Å². The van der Waals surface area contributed by atoms with E-state index in [2.05, 4.69) is 191 Å². The quantitative estimate of drug-likeness (QED) is 0.167. The van der Waals surface area contributed by atoms with Crippen molar-refractivity contribution in [2.45, 2.75) is 6.42 Å². The highest BCUT2D eigenvalue weighted by molar-refractivity contribution is 6.14. The number of rotatable bonds is 6. The van der Waals surface area contributed by atoms with Crippen LogP contribution < -0.4 is 0 Å².